The summed E-state index contributed by atoms with van der Waals surface area (Å²) in [5.74, 6) is 1.52. The smallest absolute Gasteiger partial charge is 0.161 e. The number of benzene rings is 1. The summed E-state index contributed by atoms with van der Waals surface area (Å²) in [6.07, 6.45) is 0. The van der Waals surface area contributed by atoms with Gasteiger partial charge in [-0.25, -0.2) is 4.98 Å². The van der Waals surface area contributed by atoms with Crippen LogP contribution in [0.2, 0.25) is 0 Å². The molecule has 4 nitrogen and oxygen atoms in total. The summed E-state index contributed by atoms with van der Waals surface area (Å²) in [6, 6.07) is 5.97. The van der Waals surface area contributed by atoms with Gasteiger partial charge in [-0.2, -0.15) is 0 Å². The average molecular weight is 292 g/mol. The maximum absolute atomic E-state index is 5.30. The van der Waals surface area contributed by atoms with Crippen LogP contribution < -0.4 is 14.8 Å². The Hall–Kier alpha value is -1.59. The topological polar surface area (TPSA) is 43.4 Å². The Morgan fingerprint density at radius 3 is 2.45 bits per heavy atom. The van der Waals surface area contributed by atoms with E-state index in [1.807, 2.05) is 25.1 Å². The Kier molecular flexibility index (Phi) is 4.98. The Balaban J connectivity index is 1.95. The van der Waals surface area contributed by atoms with Gasteiger partial charge in [-0.1, -0.05) is 6.07 Å². The van der Waals surface area contributed by atoms with Crippen molar-refractivity contribution in [1.82, 2.24) is 10.3 Å². The van der Waals surface area contributed by atoms with Crippen molar-refractivity contribution in [2.45, 2.75) is 26.9 Å². The zero-order valence-electron chi connectivity index (χ0n) is 12.3. The van der Waals surface area contributed by atoms with Crippen LogP contribution in [0.1, 0.15) is 21.1 Å². The lowest BCUT2D eigenvalue weighted by atomic mass is 10.2. The molecule has 1 heterocycles. The summed E-state index contributed by atoms with van der Waals surface area (Å²) in [6.45, 7) is 5.72. The fourth-order valence-electron chi connectivity index (χ4n) is 2.05. The predicted octanol–water partition coefficient (Wildman–Crippen LogP) is 3.07. The van der Waals surface area contributed by atoms with E-state index in [2.05, 4.69) is 17.2 Å². The number of aryl methyl sites for hydroxylation is 2. The molecule has 0 amide bonds. The van der Waals surface area contributed by atoms with Crippen LogP contribution in [0, 0.1) is 13.8 Å². The number of hydrogen-bond acceptors (Lipinski definition) is 5. The molecule has 108 valence electrons. The molecule has 0 spiro atoms. The summed E-state index contributed by atoms with van der Waals surface area (Å²) < 4.78 is 10.5. The molecule has 0 fully saturated rings. The lowest BCUT2D eigenvalue weighted by molar-refractivity contribution is 0.354. The monoisotopic (exact) mass is 292 g/mol. The fourth-order valence-corrected chi connectivity index (χ4v) is 2.96. The molecule has 2 aromatic rings. The summed E-state index contributed by atoms with van der Waals surface area (Å²) in [5.41, 5.74) is 2.29. The van der Waals surface area contributed by atoms with Crippen LogP contribution in [0.3, 0.4) is 0 Å². The minimum atomic E-state index is 0.755. The largest absolute Gasteiger partial charge is 0.493 e. The zero-order valence-corrected chi connectivity index (χ0v) is 13.1. The molecule has 0 bridgehead atoms. The van der Waals surface area contributed by atoms with Crippen LogP contribution >= 0.6 is 11.3 Å². The van der Waals surface area contributed by atoms with Gasteiger partial charge in [0.05, 0.1) is 24.9 Å². The van der Waals surface area contributed by atoms with Crippen LogP contribution in [-0.4, -0.2) is 19.2 Å². The molecule has 0 atom stereocenters. The van der Waals surface area contributed by atoms with Crippen molar-refractivity contribution in [2.24, 2.45) is 0 Å². The van der Waals surface area contributed by atoms with Gasteiger partial charge in [0, 0.05) is 18.0 Å². The summed E-state index contributed by atoms with van der Waals surface area (Å²) >= 11 is 1.74. The van der Waals surface area contributed by atoms with Crippen molar-refractivity contribution < 1.29 is 9.47 Å². The van der Waals surface area contributed by atoms with Crippen LogP contribution in [0.15, 0.2) is 18.2 Å². The van der Waals surface area contributed by atoms with Crippen molar-refractivity contribution in [3.63, 3.8) is 0 Å². The van der Waals surface area contributed by atoms with Crippen LogP contribution in [0.5, 0.6) is 11.5 Å². The third-order valence-corrected chi connectivity index (χ3v) is 4.14. The number of hydrogen-bond donors (Lipinski definition) is 1. The van der Waals surface area contributed by atoms with E-state index in [1.54, 1.807) is 25.6 Å². The molecule has 20 heavy (non-hydrogen) atoms. The van der Waals surface area contributed by atoms with Gasteiger partial charge >= 0.3 is 0 Å². The Bertz CT molecular complexity index is 581. The minimum Gasteiger partial charge on any atom is -0.493 e. The van der Waals surface area contributed by atoms with E-state index in [0.29, 0.717) is 0 Å². The highest BCUT2D eigenvalue weighted by Gasteiger charge is 2.06. The maximum Gasteiger partial charge on any atom is 0.161 e. The Morgan fingerprint density at radius 2 is 1.85 bits per heavy atom. The van der Waals surface area contributed by atoms with Crippen LogP contribution in [0.25, 0.3) is 0 Å². The van der Waals surface area contributed by atoms with Gasteiger partial charge in [-0.05, 0) is 31.5 Å². The number of ether oxygens (including phenoxy) is 2. The lowest BCUT2D eigenvalue weighted by Gasteiger charge is -2.10. The summed E-state index contributed by atoms with van der Waals surface area (Å²) in [7, 11) is 3.29. The van der Waals surface area contributed by atoms with Gasteiger partial charge in [-0.3, -0.25) is 0 Å². The van der Waals surface area contributed by atoms with E-state index >= 15 is 0 Å². The fraction of sp³-hybridized carbons (Fsp3) is 0.400. The molecule has 0 unspecified atom stereocenters. The number of thiazole rings is 1. The van der Waals surface area contributed by atoms with Gasteiger partial charge in [0.2, 0.25) is 0 Å². The molecule has 0 saturated heterocycles. The van der Waals surface area contributed by atoms with E-state index in [0.717, 1.165) is 35.3 Å². The van der Waals surface area contributed by atoms with Crippen molar-refractivity contribution in [1.29, 1.82) is 0 Å². The van der Waals surface area contributed by atoms with Crippen molar-refractivity contribution >= 4 is 11.3 Å². The third-order valence-electron chi connectivity index (χ3n) is 3.06. The van der Waals surface area contributed by atoms with Gasteiger partial charge < -0.3 is 14.8 Å². The first-order valence-electron chi connectivity index (χ1n) is 6.48. The Morgan fingerprint density at radius 1 is 1.10 bits per heavy atom. The Labute approximate surface area is 123 Å². The standard InChI is InChI=1S/C15H20N2O2S/c1-10-15(20-11(2)17-10)9-16-8-12-5-6-13(18-3)14(7-12)19-4/h5-7,16H,8-9H2,1-4H3. The van der Waals surface area contributed by atoms with E-state index in [1.165, 1.54) is 10.4 Å². The molecular weight excluding hydrogens is 272 g/mol. The predicted molar refractivity (Wildman–Crippen MR) is 81.7 cm³/mol. The number of aromatic nitrogens is 1. The second-order valence-corrected chi connectivity index (χ2v) is 5.82. The van der Waals surface area contributed by atoms with E-state index in [-0.39, 0.29) is 0 Å². The van der Waals surface area contributed by atoms with E-state index < -0.39 is 0 Å². The van der Waals surface area contributed by atoms with Crippen LogP contribution in [0.4, 0.5) is 0 Å². The average Bonchev–Trinajstić information content (AvgIpc) is 2.77. The highest BCUT2D eigenvalue weighted by molar-refractivity contribution is 7.11. The molecule has 0 saturated carbocycles. The normalized spacial score (nSPS) is 10.6. The molecule has 1 aromatic heterocycles. The molecule has 0 aliphatic heterocycles. The lowest BCUT2D eigenvalue weighted by Crippen LogP contribution is -2.12. The van der Waals surface area contributed by atoms with Crippen molar-refractivity contribution in [3.05, 3.63) is 39.3 Å². The molecule has 2 rings (SSSR count). The molecule has 0 aliphatic rings. The maximum atomic E-state index is 5.30. The summed E-state index contributed by atoms with van der Waals surface area (Å²) in [4.78, 5) is 5.72. The molecule has 1 aromatic carbocycles. The van der Waals surface area contributed by atoms with E-state index in [9.17, 15) is 0 Å². The highest BCUT2D eigenvalue weighted by atomic mass is 32.1. The first-order chi connectivity index (χ1) is 9.63. The number of rotatable bonds is 6. The third kappa shape index (κ3) is 3.49. The molecule has 1 N–H and O–H groups in total. The molecule has 0 aliphatic carbocycles. The molecule has 0 radical (unpaired) electrons. The number of nitrogens with zero attached hydrogens (tertiary/aromatic N) is 1. The van der Waals surface area contributed by atoms with Gasteiger partial charge in [0.25, 0.3) is 0 Å². The first-order valence-corrected chi connectivity index (χ1v) is 7.30. The van der Waals surface area contributed by atoms with Gasteiger partial charge in [0.15, 0.2) is 11.5 Å². The highest BCUT2D eigenvalue weighted by Crippen LogP contribution is 2.27. The van der Waals surface area contributed by atoms with Gasteiger partial charge in [0.1, 0.15) is 0 Å². The van der Waals surface area contributed by atoms with Crippen molar-refractivity contribution in [2.75, 3.05) is 14.2 Å². The first kappa shape index (κ1) is 14.8. The number of methoxy groups -OCH3 is 2. The second-order valence-electron chi connectivity index (χ2n) is 4.53. The molecule has 5 heteroatoms. The van der Waals surface area contributed by atoms with Crippen molar-refractivity contribution in [3.8, 4) is 11.5 Å². The molecular formula is C15H20N2O2S. The second kappa shape index (κ2) is 6.72. The van der Waals surface area contributed by atoms with Gasteiger partial charge in [-0.15, -0.1) is 11.3 Å². The SMILES string of the molecule is COc1ccc(CNCc2sc(C)nc2C)cc1OC. The zero-order chi connectivity index (χ0) is 14.5. The van der Waals surface area contributed by atoms with Crippen LogP contribution in [-0.2, 0) is 13.1 Å². The number of nitrogens with one attached hydrogen (secondary N) is 1. The minimum absolute atomic E-state index is 0.755. The van der Waals surface area contributed by atoms with E-state index in [4.69, 9.17) is 9.47 Å². The quantitative estimate of drug-likeness (QED) is 0.888. The summed E-state index contributed by atoms with van der Waals surface area (Å²) in [5, 5.41) is 4.55.